The molecule has 152 valence electrons. The first-order valence-electron chi connectivity index (χ1n) is 10.1. The molecule has 4 nitrogen and oxygen atoms in total. The van der Waals surface area contributed by atoms with Crippen LogP contribution in [0.15, 0.2) is 24.3 Å². The third-order valence-corrected chi connectivity index (χ3v) is 7.65. The highest BCUT2D eigenvalue weighted by molar-refractivity contribution is 9.10. The smallest absolute Gasteiger partial charge is 0.306 e. The Kier molecular flexibility index (Phi) is 5.27. The maximum absolute atomic E-state index is 13.3. The Morgan fingerprint density at radius 1 is 1.25 bits per heavy atom. The van der Waals surface area contributed by atoms with Crippen LogP contribution in [0.5, 0.6) is 0 Å². The number of carbonyl (C=O) groups is 2. The van der Waals surface area contributed by atoms with Gasteiger partial charge in [0.05, 0.1) is 6.42 Å². The molecule has 0 radical (unpaired) electrons. The summed E-state index contributed by atoms with van der Waals surface area (Å²) in [6.07, 6.45) is 7.42. The fourth-order valence-electron chi connectivity index (χ4n) is 6.15. The minimum absolute atomic E-state index is 0.0428. The minimum atomic E-state index is -0.329. The number of alkyl halides is 1. The van der Waals surface area contributed by atoms with Crippen molar-refractivity contribution in [2.75, 3.05) is 13.7 Å². The third kappa shape index (κ3) is 4.27. The number of hydrogen-bond acceptors (Lipinski definition) is 3. The van der Waals surface area contributed by atoms with Gasteiger partial charge in [-0.3, -0.25) is 9.59 Å². The predicted octanol–water partition coefficient (Wildman–Crippen LogP) is 4.45. The first-order chi connectivity index (χ1) is 13.2. The quantitative estimate of drug-likeness (QED) is 0.473. The monoisotopic (exact) mass is 451 g/mol. The van der Waals surface area contributed by atoms with Crippen LogP contribution in [0.25, 0.3) is 0 Å². The zero-order valence-corrected chi connectivity index (χ0v) is 17.8. The standard InChI is InChI=1S/C22H27BrFNO3/c1-25(12-15-3-2-4-18(24)6-15)19(26)13-28-20(27)11-21-7-16-5-17(8-21)10-22(23,9-16)14-21/h2-4,6,16-17H,5,7-14H2,1H3. The molecular weight excluding hydrogens is 425 g/mol. The average molecular weight is 452 g/mol. The van der Waals surface area contributed by atoms with Gasteiger partial charge in [-0.1, -0.05) is 28.1 Å². The Morgan fingerprint density at radius 2 is 1.96 bits per heavy atom. The van der Waals surface area contributed by atoms with E-state index in [9.17, 15) is 14.0 Å². The van der Waals surface area contributed by atoms with E-state index in [1.54, 1.807) is 19.2 Å². The van der Waals surface area contributed by atoms with Crippen molar-refractivity contribution >= 4 is 27.8 Å². The van der Waals surface area contributed by atoms with Crippen LogP contribution in [0, 0.1) is 23.1 Å². The van der Waals surface area contributed by atoms with Crippen molar-refractivity contribution in [2.24, 2.45) is 17.3 Å². The van der Waals surface area contributed by atoms with Crippen molar-refractivity contribution in [3.8, 4) is 0 Å². The number of rotatable bonds is 6. The lowest BCUT2D eigenvalue weighted by atomic mass is 9.49. The first-order valence-corrected chi connectivity index (χ1v) is 10.9. The zero-order chi connectivity index (χ0) is 19.9. The Hall–Kier alpha value is -1.43. The fourth-order valence-corrected chi connectivity index (χ4v) is 7.66. The molecule has 0 spiro atoms. The number of hydrogen-bond donors (Lipinski definition) is 0. The van der Waals surface area contributed by atoms with Gasteiger partial charge in [0, 0.05) is 17.9 Å². The molecule has 0 saturated heterocycles. The molecule has 2 unspecified atom stereocenters. The number of esters is 1. The van der Waals surface area contributed by atoms with Crippen LogP contribution in [0.2, 0.25) is 0 Å². The van der Waals surface area contributed by atoms with Gasteiger partial charge in [0.25, 0.3) is 5.91 Å². The second kappa shape index (κ2) is 7.43. The summed E-state index contributed by atoms with van der Waals surface area (Å²) in [7, 11) is 1.63. The molecule has 2 atom stereocenters. The van der Waals surface area contributed by atoms with E-state index in [2.05, 4.69) is 15.9 Å². The number of benzene rings is 1. The Balaban J connectivity index is 1.28. The summed E-state index contributed by atoms with van der Waals surface area (Å²) in [6, 6.07) is 6.15. The highest BCUT2D eigenvalue weighted by Gasteiger charge is 2.57. The third-order valence-electron chi connectivity index (χ3n) is 6.72. The maximum Gasteiger partial charge on any atom is 0.306 e. The summed E-state index contributed by atoms with van der Waals surface area (Å²) in [4.78, 5) is 26.3. The van der Waals surface area contributed by atoms with E-state index in [-0.39, 0.29) is 40.6 Å². The van der Waals surface area contributed by atoms with Gasteiger partial charge < -0.3 is 9.64 Å². The Labute approximate surface area is 173 Å². The van der Waals surface area contributed by atoms with E-state index in [4.69, 9.17) is 4.74 Å². The van der Waals surface area contributed by atoms with Crippen LogP contribution in [0.1, 0.15) is 50.5 Å². The molecule has 1 aromatic rings. The van der Waals surface area contributed by atoms with Gasteiger partial charge in [-0.25, -0.2) is 4.39 Å². The fraction of sp³-hybridized carbons (Fsp3) is 0.636. The van der Waals surface area contributed by atoms with Gasteiger partial charge in [-0.05, 0) is 73.5 Å². The van der Waals surface area contributed by atoms with Crippen molar-refractivity contribution in [3.63, 3.8) is 0 Å². The van der Waals surface area contributed by atoms with Crippen molar-refractivity contribution in [1.82, 2.24) is 4.90 Å². The summed E-state index contributed by atoms with van der Waals surface area (Å²) in [5, 5.41) is 0. The average Bonchev–Trinajstić information content (AvgIpc) is 2.57. The van der Waals surface area contributed by atoms with Crippen molar-refractivity contribution in [2.45, 2.75) is 55.8 Å². The lowest BCUT2D eigenvalue weighted by molar-refractivity contribution is -0.157. The topological polar surface area (TPSA) is 46.6 Å². The molecule has 4 bridgehead atoms. The van der Waals surface area contributed by atoms with Crippen LogP contribution < -0.4 is 0 Å². The number of carbonyl (C=O) groups excluding carboxylic acids is 2. The molecule has 28 heavy (non-hydrogen) atoms. The number of halogens is 2. The lowest BCUT2D eigenvalue weighted by Gasteiger charge is -2.60. The molecule has 4 aliphatic carbocycles. The van der Waals surface area contributed by atoms with Gasteiger partial charge in [0.2, 0.25) is 0 Å². The molecule has 0 aromatic heterocycles. The Bertz CT molecular complexity index is 769. The van der Waals surface area contributed by atoms with Gasteiger partial charge in [-0.15, -0.1) is 0 Å². The minimum Gasteiger partial charge on any atom is -0.456 e. The number of amides is 1. The van der Waals surface area contributed by atoms with E-state index in [1.165, 1.54) is 36.3 Å². The molecule has 6 heteroatoms. The molecule has 4 aliphatic rings. The summed E-state index contributed by atoms with van der Waals surface area (Å²) < 4.78 is 18.8. The van der Waals surface area contributed by atoms with Gasteiger partial charge in [-0.2, -0.15) is 0 Å². The molecule has 5 rings (SSSR count). The van der Waals surface area contributed by atoms with E-state index in [1.807, 2.05) is 0 Å². The second-order valence-corrected chi connectivity index (χ2v) is 11.0. The summed E-state index contributed by atoms with van der Waals surface area (Å²) in [5.41, 5.74) is 0.750. The number of ether oxygens (including phenoxy) is 1. The van der Waals surface area contributed by atoms with E-state index in [0.717, 1.165) is 19.3 Å². The number of likely N-dealkylation sites (N-methyl/N-ethyl adjacent to an activating group) is 1. The molecular formula is C22H27BrFNO3. The SMILES string of the molecule is CN(Cc1cccc(F)c1)C(=O)COC(=O)CC12CC3CC(CC(Br)(C3)C1)C2. The summed E-state index contributed by atoms with van der Waals surface area (Å²) in [6.45, 7) is 0.0284. The molecule has 1 aromatic carbocycles. The van der Waals surface area contributed by atoms with Crippen LogP contribution in [-0.2, 0) is 20.9 Å². The van der Waals surface area contributed by atoms with Gasteiger partial charge in [0.1, 0.15) is 5.82 Å². The van der Waals surface area contributed by atoms with E-state index < -0.39 is 0 Å². The largest absolute Gasteiger partial charge is 0.456 e. The van der Waals surface area contributed by atoms with Crippen molar-refractivity contribution < 1.29 is 18.7 Å². The van der Waals surface area contributed by atoms with E-state index >= 15 is 0 Å². The van der Waals surface area contributed by atoms with Gasteiger partial charge >= 0.3 is 5.97 Å². The lowest BCUT2D eigenvalue weighted by Crippen LogP contribution is -2.53. The molecule has 1 amide bonds. The highest BCUT2D eigenvalue weighted by Crippen LogP contribution is 2.65. The molecule has 0 N–H and O–H groups in total. The van der Waals surface area contributed by atoms with Crippen LogP contribution in [0.4, 0.5) is 4.39 Å². The summed E-state index contributed by atoms with van der Waals surface area (Å²) in [5.74, 6) is 0.551. The predicted molar refractivity (Wildman–Crippen MR) is 107 cm³/mol. The Morgan fingerprint density at radius 3 is 2.61 bits per heavy atom. The second-order valence-electron chi connectivity index (χ2n) is 9.33. The molecule has 4 saturated carbocycles. The molecule has 0 aliphatic heterocycles. The zero-order valence-electron chi connectivity index (χ0n) is 16.3. The van der Waals surface area contributed by atoms with Gasteiger partial charge in [0.15, 0.2) is 6.61 Å². The molecule has 0 heterocycles. The van der Waals surface area contributed by atoms with Crippen LogP contribution in [0.3, 0.4) is 0 Å². The normalized spacial score (nSPS) is 33.0. The number of nitrogens with zero attached hydrogens (tertiary/aromatic N) is 1. The van der Waals surface area contributed by atoms with Crippen LogP contribution in [-0.4, -0.2) is 34.8 Å². The molecule has 4 fully saturated rings. The van der Waals surface area contributed by atoms with Crippen molar-refractivity contribution in [3.05, 3.63) is 35.6 Å². The van der Waals surface area contributed by atoms with Crippen LogP contribution >= 0.6 is 15.9 Å². The first kappa shape index (κ1) is 19.9. The maximum atomic E-state index is 13.3. The summed E-state index contributed by atoms with van der Waals surface area (Å²) >= 11 is 3.96. The van der Waals surface area contributed by atoms with E-state index in [0.29, 0.717) is 23.8 Å². The van der Waals surface area contributed by atoms with Crippen molar-refractivity contribution in [1.29, 1.82) is 0 Å². The highest BCUT2D eigenvalue weighted by atomic mass is 79.9.